The Morgan fingerprint density at radius 3 is 2.79 bits per heavy atom. The van der Waals surface area contributed by atoms with Crippen LogP contribution in [-0.4, -0.2) is 69.8 Å². The number of benzene rings is 1. The predicted molar refractivity (Wildman–Crippen MR) is 132 cm³/mol. The van der Waals surface area contributed by atoms with Gasteiger partial charge in [0, 0.05) is 44.0 Å². The topological polar surface area (TPSA) is 90.5 Å². The molecular weight excluding hydrogens is 452 g/mol. The van der Waals surface area contributed by atoms with Crippen LogP contribution in [0, 0.1) is 0 Å². The molecule has 1 saturated carbocycles. The highest BCUT2D eigenvalue weighted by molar-refractivity contribution is 6.31. The number of nitrogens with one attached hydrogen (secondary N) is 2. The van der Waals surface area contributed by atoms with Gasteiger partial charge in [0.2, 0.25) is 17.8 Å². The average molecular weight is 481 g/mol. The van der Waals surface area contributed by atoms with Gasteiger partial charge in [0.25, 0.3) is 0 Å². The number of hydrogen-bond donors (Lipinski definition) is 2. The predicted octanol–water partition coefficient (Wildman–Crippen LogP) is 3.27. The third kappa shape index (κ3) is 4.52. The van der Waals surface area contributed by atoms with E-state index in [9.17, 15) is 9.59 Å². The second-order valence-corrected chi connectivity index (χ2v) is 9.57. The number of carbonyl (C=O) groups is 2. The van der Waals surface area contributed by atoms with Crippen LogP contribution in [0.2, 0.25) is 5.02 Å². The van der Waals surface area contributed by atoms with Gasteiger partial charge < -0.3 is 15.5 Å². The number of hydrogen-bond acceptors (Lipinski definition) is 6. The third-order valence-electron chi connectivity index (χ3n) is 7.13. The lowest BCUT2D eigenvalue weighted by atomic mass is 9.89. The Bertz CT molecular complexity index is 1100. The van der Waals surface area contributed by atoms with Crippen molar-refractivity contribution in [2.24, 2.45) is 0 Å². The summed E-state index contributed by atoms with van der Waals surface area (Å²) >= 11 is 6.45. The van der Waals surface area contributed by atoms with Gasteiger partial charge in [-0.1, -0.05) is 36.4 Å². The number of aromatic nitrogens is 2. The minimum Gasteiger partial charge on any atom is -0.351 e. The van der Waals surface area contributed by atoms with E-state index in [4.69, 9.17) is 16.6 Å². The number of halogens is 1. The quantitative estimate of drug-likeness (QED) is 0.638. The number of fused-ring (bicyclic) bond motifs is 1. The average Bonchev–Trinajstić information content (AvgIpc) is 3.20. The maximum absolute atomic E-state index is 12.7. The molecule has 2 aliphatic heterocycles. The number of piperazine rings is 1. The molecule has 0 bridgehead atoms. The molecule has 1 saturated heterocycles. The van der Waals surface area contributed by atoms with E-state index in [1.54, 1.807) is 6.20 Å². The highest BCUT2D eigenvalue weighted by Gasteiger charge is 2.35. The van der Waals surface area contributed by atoms with Crippen LogP contribution in [0.5, 0.6) is 0 Å². The maximum atomic E-state index is 12.7. The van der Waals surface area contributed by atoms with Gasteiger partial charge >= 0.3 is 0 Å². The van der Waals surface area contributed by atoms with E-state index < -0.39 is 5.92 Å². The molecule has 0 spiro atoms. The summed E-state index contributed by atoms with van der Waals surface area (Å²) in [6.07, 6.45) is 7.27. The number of rotatable bonds is 5. The number of para-hydroxylation sites is 1. The van der Waals surface area contributed by atoms with E-state index in [-0.39, 0.29) is 17.9 Å². The first-order valence-corrected chi connectivity index (χ1v) is 12.3. The first kappa shape index (κ1) is 22.8. The molecular formula is C25H29ClN6O2. The second kappa shape index (κ2) is 9.72. The van der Waals surface area contributed by atoms with Crippen molar-refractivity contribution in [3.8, 4) is 0 Å². The summed E-state index contributed by atoms with van der Waals surface area (Å²) in [5.74, 6) is -0.152. The summed E-state index contributed by atoms with van der Waals surface area (Å²) in [4.78, 5) is 38.0. The number of nitrogens with zero attached hydrogens (tertiary/aromatic N) is 4. The van der Waals surface area contributed by atoms with Crippen LogP contribution in [0.1, 0.15) is 42.9 Å². The molecule has 0 radical (unpaired) electrons. The number of carbonyl (C=O) groups excluding carboxylic acids is 2. The zero-order valence-corrected chi connectivity index (χ0v) is 19.8. The third-order valence-corrected chi connectivity index (χ3v) is 7.42. The first-order chi connectivity index (χ1) is 16.5. The van der Waals surface area contributed by atoms with Gasteiger partial charge in [-0.3, -0.25) is 14.5 Å². The molecule has 3 atom stereocenters. The SMILES string of the molecule is C=CC(=O)N1CCN([C@H]2CCC[C@@H](Nc3ncc(Cl)c(C4C(=O)Nc5ccccc54)n3)C2)CC1. The van der Waals surface area contributed by atoms with E-state index in [1.807, 2.05) is 29.2 Å². The fourth-order valence-corrected chi connectivity index (χ4v) is 5.58. The molecule has 1 unspecified atom stereocenters. The summed E-state index contributed by atoms with van der Waals surface area (Å²) in [5.41, 5.74) is 2.20. The maximum Gasteiger partial charge on any atom is 0.246 e. The first-order valence-electron chi connectivity index (χ1n) is 11.9. The molecule has 1 aromatic carbocycles. The van der Waals surface area contributed by atoms with Crippen molar-refractivity contribution in [3.05, 3.63) is 59.4 Å². The minimum absolute atomic E-state index is 0.0112. The Labute approximate surface area is 204 Å². The van der Waals surface area contributed by atoms with Gasteiger partial charge in [0.05, 0.1) is 16.9 Å². The number of anilines is 2. The van der Waals surface area contributed by atoms with Crippen LogP contribution in [0.3, 0.4) is 0 Å². The standard InChI is InChI=1S/C25H29ClN6O2/c1-2-21(33)32-12-10-31(11-13-32)17-7-5-6-16(14-17)28-25-27-15-19(26)23(30-25)22-18-8-3-4-9-20(18)29-24(22)34/h2-4,8-9,15-17,22H,1,5-7,10-14H2,(H,29,34)(H,27,28,30)/t16-,17+,22?/m1/s1. The Kier molecular flexibility index (Phi) is 6.52. The molecule has 2 N–H and O–H groups in total. The highest BCUT2D eigenvalue weighted by atomic mass is 35.5. The lowest BCUT2D eigenvalue weighted by molar-refractivity contribution is -0.128. The van der Waals surface area contributed by atoms with Crippen molar-refractivity contribution in [2.45, 2.75) is 43.7 Å². The molecule has 5 rings (SSSR count). The summed E-state index contributed by atoms with van der Waals surface area (Å²) in [5, 5.41) is 6.80. The normalized spacial score (nSPS) is 24.9. The molecule has 3 aliphatic rings. The van der Waals surface area contributed by atoms with Gasteiger partial charge in [-0.05, 0) is 43.4 Å². The Morgan fingerprint density at radius 2 is 2.00 bits per heavy atom. The molecule has 9 heteroatoms. The lowest BCUT2D eigenvalue weighted by Crippen LogP contribution is -2.53. The van der Waals surface area contributed by atoms with E-state index in [1.165, 1.54) is 6.08 Å². The van der Waals surface area contributed by atoms with E-state index in [2.05, 4.69) is 27.1 Å². The smallest absolute Gasteiger partial charge is 0.246 e. The van der Waals surface area contributed by atoms with E-state index in [0.29, 0.717) is 22.7 Å². The number of amides is 2. The van der Waals surface area contributed by atoms with Crippen LogP contribution in [0.4, 0.5) is 11.6 Å². The van der Waals surface area contributed by atoms with Gasteiger partial charge in [-0.25, -0.2) is 9.97 Å². The van der Waals surface area contributed by atoms with Crippen molar-refractivity contribution in [3.63, 3.8) is 0 Å². The zero-order valence-electron chi connectivity index (χ0n) is 19.0. The fourth-order valence-electron chi connectivity index (χ4n) is 5.38. The summed E-state index contributed by atoms with van der Waals surface area (Å²) in [6.45, 7) is 6.85. The lowest BCUT2D eigenvalue weighted by Gasteiger charge is -2.42. The van der Waals surface area contributed by atoms with E-state index in [0.717, 1.165) is 63.1 Å². The van der Waals surface area contributed by atoms with Crippen molar-refractivity contribution < 1.29 is 9.59 Å². The fraction of sp³-hybridized carbons (Fsp3) is 0.440. The van der Waals surface area contributed by atoms with E-state index >= 15 is 0 Å². The van der Waals surface area contributed by atoms with Crippen LogP contribution in [0.15, 0.2) is 43.1 Å². The monoisotopic (exact) mass is 480 g/mol. The molecule has 8 nitrogen and oxygen atoms in total. The van der Waals surface area contributed by atoms with Crippen LogP contribution in [0.25, 0.3) is 0 Å². The van der Waals surface area contributed by atoms with Crippen molar-refractivity contribution in [1.29, 1.82) is 0 Å². The van der Waals surface area contributed by atoms with Gasteiger partial charge in [0.1, 0.15) is 5.92 Å². The zero-order chi connectivity index (χ0) is 23.7. The molecule has 1 aromatic heterocycles. The van der Waals surface area contributed by atoms with Crippen LogP contribution in [-0.2, 0) is 9.59 Å². The van der Waals surface area contributed by atoms with Gasteiger partial charge in [-0.15, -0.1) is 0 Å². The Morgan fingerprint density at radius 1 is 1.21 bits per heavy atom. The second-order valence-electron chi connectivity index (χ2n) is 9.16. The summed E-state index contributed by atoms with van der Waals surface area (Å²) in [6, 6.07) is 8.33. The largest absolute Gasteiger partial charge is 0.351 e. The molecule has 2 fully saturated rings. The molecule has 1 aliphatic carbocycles. The van der Waals surface area contributed by atoms with Crippen LogP contribution < -0.4 is 10.6 Å². The van der Waals surface area contributed by atoms with Crippen molar-refractivity contribution in [2.75, 3.05) is 36.8 Å². The van der Waals surface area contributed by atoms with Crippen LogP contribution >= 0.6 is 11.6 Å². The minimum atomic E-state index is -0.541. The van der Waals surface area contributed by atoms with Gasteiger partial charge in [0.15, 0.2) is 0 Å². The highest BCUT2D eigenvalue weighted by Crippen LogP contribution is 2.39. The van der Waals surface area contributed by atoms with Crippen molar-refractivity contribution >= 4 is 35.1 Å². The molecule has 178 valence electrons. The van der Waals surface area contributed by atoms with Crippen molar-refractivity contribution in [1.82, 2.24) is 19.8 Å². The molecule has 34 heavy (non-hydrogen) atoms. The molecule has 3 heterocycles. The summed E-state index contributed by atoms with van der Waals surface area (Å²) < 4.78 is 0. The Balaban J connectivity index is 1.26. The summed E-state index contributed by atoms with van der Waals surface area (Å²) in [7, 11) is 0. The molecule has 2 amide bonds. The molecule has 2 aromatic rings. The van der Waals surface area contributed by atoms with Gasteiger partial charge in [-0.2, -0.15) is 0 Å². The Hall–Kier alpha value is -2.97.